The highest BCUT2D eigenvalue weighted by Crippen LogP contribution is 1.93. The van der Waals surface area contributed by atoms with Gasteiger partial charge in [0.2, 0.25) is 0 Å². The first kappa shape index (κ1) is 13.4. The monoisotopic (exact) mass is 203 g/mol. The topological polar surface area (TPSA) is 58.6 Å². The molecule has 0 spiro atoms. The minimum atomic E-state index is -0.135. The van der Waals surface area contributed by atoms with E-state index in [1.165, 1.54) is 0 Å². The van der Waals surface area contributed by atoms with E-state index in [-0.39, 0.29) is 18.5 Å². The second kappa shape index (κ2) is 8.97. The zero-order valence-electron chi connectivity index (χ0n) is 9.08. The van der Waals surface area contributed by atoms with Gasteiger partial charge in [-0.15, -0.1) is 0 Å². The van der Waals surface area contributed by atoms with Gasteiger partial charge in [-0.25, -0.2) is 0 Å². The number of rotatable bonds is 8. The molecular formula is C10H21NO3. The molecule has 0 aromatic rings. The normalized spacial score (nSPS) is 12.5. The summed E-state index contributed by atoms with van der Waals surface area (Å²) in [6, 6.07) is 0. The van der Waals surface area contributed by atoms with Crippen LogP contribution in [0.4, 0.5) is 0 Å². The Morgan fingerprint density at radius 3 is 2.86 bits per heavy atom. The molecule has 84 valence electrons. The van der Waals surface area contributed by atoms with Crippen LogP contribution in [-0.2, 0) is 9.53 Å². The third-order valence-corrected chi connectivity index (χ3v) is 1.84. The standard InChI is InChI=1S/C10H21NO3/c1-3-14-10(13)5-4-6-11-7-9(2)8-12/h9,11-12H,3-8H2,1-2H3. The Balaban J connectivity index is 3.17. The first-order valence-electron chi connectivity index (χ1n) is 5.17. The van der Waals surface area contributed by atoms with Gasteiger partial charge in [-0.2, -0.15) is 0 Å². The van der Waals surface area contributed by atoms with Crippen LogP contribution in [0.5, 0.6) is 0 Å². The molecule has 0 heterocycles. The van der Waals surface area contributed by atoms with E-state index in [2.05, 4.69) is 5.32 Å². The summed E-state index contributed by atoms with van der Waals surface area (Å²) in [6.07, 6.45) is 1.26. The summed E-state index contributed by atoms with van der Waals surface area (Å²) in [5, 5.41) is 11.9. The molecule has 2 N–H and O–H groups in total. The summed E-state index contributed by atoms with van der Waals surface area (Å²) in [5.41, 5.74) is 0. The first-order chi connectivity index (χ1) is 6.70. The molecule has 1 atom stereocenters. The summed E-state index contributed by atoms with van der Waals surface area (Å²) in [7, 11) is 0. The van der Waals surface area contributed by atoms with Gasteiger partial charge in [-0.1, -0.05) is 6.92 Å². The minimum Gasteiger partial charge on any atom is -0.466 e. The highest BCUT2D eigenvalue weighted by molar-refractivity contribution is 5.69. The number of aliphatic hydroxyl groups excluding tert-OH is 1. The molecule has 4 nitrogen and oxygen atoms in total. The number of esters is 1. The molecule has 0 aliphatic carbocycles. The maximum Gasteiger partial charge on any atom is 0.305 e. The molecule has 0 saturated carbocycles. The summed E-state index contributed by atoms with van der Waals surface area (Å²) in [5.74, 6) is 0.141. The van der Waals surface area contributed by atoms with Gasteiger partial charge in [0.15, 0.2) is 0 Å². The molecule has 0 rings (SSSR count). The third-order valence-electron chi connectivity index (χ3n) is 1.84. The van der Waals surface area contributed by atoms with Crippen molar-refractivity contribution in [2.45, 2.75) is 26.7 Å². The van der Waals surface area contributed by atoms with Crippen molar-refractivity contribution in [1.82, 2.24) is 5.32 Å². The van der Waals surface area contributed by atoms with Crippen molar-refractivity contribution in [3.63, 3.8) is 0 Å². The summed E-state index contributed by atoms with van der Waals surface area (Å²) in [6.45, 7) is 6.01. The van der Waals surface area contributed by atoms with Crippen molar-refractivity contribution in [3.8, 4) is 0 Å². The lowest BCUT2D eigenvalue weighted by atomic mass is 10.2. The van der Waals surface area contributed by atoms with E-state index in [0.29, 0.717) is 13.0 Å². The quantitative estimate of drug-likeness (QED) is 0.447. The fourth-order valence-electron chi connectivity index (χ4n) is 1.00. The van der Waals surface area contributed by atoms with E-state index >= 15 is 0 Å². The van der Waals surface area contributed by atoms with Gasteiger partial charge in [-0.05, 0) is 32.4 Å². The average Bonchev–Trinajstić information content (AvgIpc) is 2.17. The highest BCUT2D eigenvalue weighted by Gasteiger charge is 2.01. The first-order valence-corrected chi connectivity index (χ1v) is 5.17. The molecule has 0 amide bonds. The van der Waals surface area contributed by atoms with Crippen LogP contribution in [0.15, 0.2) is 0 Å². The van der Waals surface area contributed by atoms with Crippen molar-refractivity contribution < 1.29 is 14.6 Å². The van der Waals surface area contributed by atoms with Crippen molar-refractivity contribution >= 4 is 5.97 Å². The molecule has 0 bridgehead atoms. The Bertz CT molecular complexity index is 150. The van der Waals surface area contributed by atoms with Gasteiger partial charge in [0.05, 0.1) is 6.61 Å². The van der Waals surface area contributed by atoms with E-state index in [0.717, 1.165) is 19.5 Å². The van der Waals surface area contributed by atoms with E-state index in [1.807, 2.05) is 6.92 Å². The second-order valence-corrected chi connectivity index (χ2v) is 3.40. The predicted molar refractivity (Wildman–Crippen MR) is 55.0 cm³/mol. The zero-order valence-corrected chi connectivity index (χ0v) is 9.08. The van der Waals surface area contributed by atoms with Gasteiger partial charge >= 0.3 is 5.97 Å². The van der Waals surface area contributed by atoms with Crippen LogP contribution in [0.3, 0.4) is 0 Å². The SMILES string of the molecule is CCOC(=O)CCCNCC(C)CO. The van der Waals surface area contributed by atoms with Gasteiger partial charge in [0, 0.05) is 13.0 Å². The third kappa shape index (κ3) is 8.01. The number of carbonyl (C=O) groups is 1. The maximum absolute atomic E-state index is 10.9. The zero-order chi connectivity index (χ0) is 10.8. The van der Waals surface area contributed by atoms with Gasteiger partial charge in [0.1, 0.15) is 0 Å². The van der Waals surface area contributed by atoms with Crippen LogP contribution >= 0.6 is 0 Å². The van der Waals surface area contributed by atoms with Crippen LogP contribution in [0.25, 0.3) is 0 Å². The largest absolute Gasteiger partial charge is 0.466 e. The van der Waals surface area contributed by atoms with E-state index in [9.17, 15) is 4.79 Å². The van der Waals surface area contributed by atoms with E-state index < -0.39 is 0 Å². The van der Waals surface area contributed by atoms with Crippen molar-refractivity contribution in [1.29, 1.82) is 0 Å². The lowest BCUT2D eigenvalue weighted by Gasteiger charge is -2.08. The minimum absolute atomic E-state index is 0.135. The van der Waals surface area contributed by atoms with Crippen molar-refractivity contribution in [2.75, 3.05) is 26.3 Å². The van der Waals surface area contributed by atoms with Crippen LogP contribution in [-0.4, -0.2) is 37.4 Å². The molecule has 0 aliphatic rings. The average molecular weight is 203 g/mol. The molecule has 0 fully saturated rings. The fraction of sp³-hybridized carbons (Fsp3) is 0.900. The van der Waals surface area contributed by atoms with Crippen molar-refractivity contribution in [2.24, 2.45) is 5.92 Å². The van der Waals surface area contributed by atoms with Gasteiger partial charge in [-0.3, -0.25) is 4.79 Å². The van der Waals surface area contributed by atoms with Crippen LogP contribution in [0.2, 0.25) is 0 Å². The number of nitrogens with one attached hydrogen (secondary N) is 1. The van der Waals surface area contributed by atoms with Crippen molar-refractivity contribution in [3.05, 3.63) is 0 Å². The molecule has 0 saturated heterocycles. The van der Waals surface area contributed by atoms with Crippen LogP contribution in [0.1, 0.15) is 26.7 Å². The predicted octanol–water partition coefficient (Wildman–Crippen LogP) is 0.548. The maximum atomic E-state index is 10.9. The Morgan fingerprint density at radius 2 is 2.29 bits per heavy atom. The molecule has 4 heteroatoms. The van der Waals surface area contributed by atoms with Gasteiger partial charge < -0.3 is 15.2 Å². The Morgan fingerprint density at radius 1 is 1.57 bits per heavy atom. The smallest absolute Gasteiger partial charge is 0.305 e. The van der Waals surface area contributed by atoms with E-state index in [4.69, 9.17) is 9.84 Å². The Hall–Kier alpha value is -0.610. The number of aliphatic hydroxyl groups is 1. The summed E-state index contributed by atoms with van der Waals surface area (Å²) < 4.78 is 4.78. The number of carbonyl (C=O) groups excluding carboxylic acids is 1. The van der Waals surface area contributed by atoms with Crippen LogP contribution in [0, 0.1) is 5.92 Å². The summed E-state index contributed by atoms with van der Waals surface area (Å²) >= 11 is 0. The molecule has 1 unspecified atom stereocenters. The molecule has 14 heavy (non-hydrogen) atoms. The number of hydrogen-bond donors (Lipinski definition) is 2. The van der Waals surface area contributed by atoms with Crippen LogP contribution < -0.4 is 5.32 Å². The molecule has 0 aromatic heterocycles. The Kier molecular flexibility index (Phi) is 8.57. The number of ether oxygens (including phenoxy) is 1. The fourth-order valence-corrected chi connectivity index (χ4v) is 1.00. The molecule has 0 aromatic carbocycles. The lowest BCUT2D eigenvalue weighted by molar-refractivity contribution is -0.143. The molecule has 0 aliphatic heterocycles. The van der Waals surface area contributed by atoms with Gasteiger partial charge in [0.25, 0.3) is 0 Å². The highest BCUT2D eigenvalue weighted by atomic mass is 16.5. The summed E-state index contributed by atoms with van der Waals surface area (Å²) in [4.78, 5) is 10.9. The molecular weight excluding hydrogens is 182 g/mol. The second-order valence-electron chi connectivity index (χ2n) is 3.40. The number of hydrogen-bond acceptors (Lipinski definition) is 4. The molecule has 0 radical (unpaired) electrons. The Labute approximate surface area is 85.6 Å². The lowest BCUT2D eigenvalue weighted by Crippen LogP contribution is -2.24. The van der Waals surface area contributed by atoms with E-state index in [1.54, 1.807) is 6.92 Å².